The molecule has 0 aromatic rings. The minimum Gasteiger partial charge on any atom is -0.361 e. The van der Waals surface area contributed by atoms with Crippen molar-refractivity contribution in [1.82, 2.24) is 0 Å². The molecule has 0 amide bonds. The maximum atomic E-state index is 11.5. The van der Waals surface area contributed by atoms with Gasteiger partial charge in [-0.3, -0.25) is 0 Å². The quantitative estimate of drug-likeness (QED) is 0.558. The summed E-state index contributed by atoms with van der Waals surface area (Å²) in [6, 6.07) is 0. The number of aliphatic hydroxyl groups is 1. The predicted octanol–water partition coefficient (Wildman–Crippen LogP) is 1.63. The van der Waals surface area contributed by atoms with Gasteiger partial charge in [-0.25, -0.2) is 4.39 Å². The van der Waals surface area contributed by atoms with E-state index >= 15 is 0 Å². The van der Waals surface area contributed by atoms with E-state index in [9.17, 15) is 4.39 Å². The topological polar surface area (TPSA) is 20.2 Å². The third-order valence-electron chi connectivity index (χ3n) is 0.750. The van der Waals surface area contributed by atoms with Crippen molar-refractivity contribution in [3.8, 4) is 0 Å². The summed E-state index contributed by atoms with van der Waals surface area (Å²) in [6.07, 6.45) is 2.82. The molecule has 0 aliphatic rings. The maximum absolute atomic E-state index is 11.5. The fourth-order valence-corrected chi connectivity index (χ4v) is 0.375. The van der Waals surface area contributed by atoms with Gasteiger partial charge in [0.1, 0.15) is 0 Å². The molecule has 0 fully saturated rings. The third-order valence-corrected chi connectivity index (χ3v) is 0.750. The van der Waals surface area contributed by atoms with Gasteiger partial charge in [0.2, 0.25) is 6.36 Å². The van der Waals surface area contributed by atoms with Crippen LogP contribution in [-0.2, 0) is 0 Å². The Kier molecular flexibility index (Phi) is 4.56. The lowest BCUT2D eigenvalue weighted by atomic mass is 10.3. The largest absolute Gasteiger partial charge is 0.361 e. The number of aliphatic hydroxyl groups excluding tert-OH is 1. The second-order valence-electron chi connectivity index (χ2n) is 1.59. The molecule has 0 heterocycles. The fourth-order valence-electron chi connectivity index (χ4n) is 0.375. The number of allylic oxidation sites excluding steroid dienone is 1. The van der Waals surface area contributed by atoms with Crippen LogP contribution in [0.2, 0.25) is 0 Å². The van der Waals surface area contributed by atoms with Crippen molar-refractivity contribution >= 4 is 0 Å². The van der Waals surface area contributed by atoms with E-state index in [0.717, 1.165) is 18.9 Å². The Balaban J connectivity index is 3.07. The first-order valence-electron chi connectivity index (χ1n) is 2.76. The van der Waals surface area contributed by atoms with E-state index in [-0.39, 0.29) is 0 Å². The molecule has 1 nitrogen and oxygen atoms in total. The molecule has 2 heteroatoms. The molecule has 0 bridgehead atoms. The van der Waals surface area contributed by atoms with E-state index in [0.29, 0.717) is 0 Å². The number of halogens is 1. The smallest absolute Gasteiger partial charge is 0.215 e. The Hall–Kier alpha value is -0.370. The SMILES string of the molecule is CCC/C=C/C(O)F. The zero-order valence-electron chi connectivity index (χ0n) is 4.97. The Labute approximate surface area is 48.8 Å². The van der Waals surface area contributed by atoms with Gasteiger partial charge in [0.25, 0.3) is 0 Å². The third kappa shape index (κ3) is 5.63. The van der Waals surface area contributed by atoms with E-state index < -0.39 is 6.36 Å². The fraction of sp³-hybridized carbons (Fsp3) is 0.667. The Morgan fingerprint density at radius 1 is 1.75 bits per heavy atom. The van der Waals surface area contributed by atoms with E-state index in [4.69, 9.17) is 5.11 Å². The minimum atomic E-state index is -1.78. The standard InChI is InChI=1S/C6H11FO/c1-2-3-4-5-6(7)8/h4-6,8H,2-3H2,1H3/b5-4+. The molecule has 0 saturated carbocycles. The molecular formula is C6H11FO. The molecule has 1 atom stereocenters. The van der Waals surface area contributed by atoms with Gasteiger partial charge in [-0.2, -0.15) is 0 Å². The lowest BCUT2D eigenvalue weighted by molar-refractivity contribution is 0.0880. The van der Waals surface area contributed by atoms with Crippen LogP contribution in [0.3, 0.4) is 0 Å². The number of rotatable bonds is 3. The van der Waals surface area contributed by atoms with Gasteiger partial charge in [0.05, 0.1) is 0 Å². The summed E-state index contributed by atoms with van der Waals surface area (Å²) < 4.78 is 11.5. The summed E-state index contributed by atoms with van der Waals surface area (Å²) in [7, 11) is 0. The van der Waals surface area contributed by atoms with Gasteiger partial charge < -0.3 is 5.11 Å². The summed E-state index contributed by atoms with van der Waals surface area (Å²) in [4.78, 5) is 0. The first-order chi connectivity index (χ1) is 3.77. The van der Waals surface area contributed by atoms with Crippen molar-refractivity contribution in [2.45, 2.75) is 26.1 Å². The van der Waals surface area contributed by atoms with E-state index in [2.05, 4.69) is 0 Å². The molecular weight excluding hydrogens is 107 g/mol. The second-order valence-corrected chi connectivity index (χ2v) is 1.59. The van der Waals surface area contributed by atoms with E-state index in [1.807, 2.05) is 6.92 Å². The molecule has 0 spiro atoms. The predicted molar refractivity (Wildman–Crippen MR) is 31.2 cm³/mol. The number of unbranched alkanes of at least 4 members (excludes halogenated alkanes) is 1. The van der Waals surface area contributed by atoms with Crippen molar-refractivity contribution in [1.29, 1.82) is 0 Å². The van der Waals surface area contributed by atoms with Gasteiger partial charge in [-0.15, -0.1) is 0 Å². The lowest BCUT2D eigenvalue weighted by Gasteiger charge is -1.87. The van der Waals surface area contributed by atoms with Crippen molar-refractivity contribution in [3.05, 3.63) is 12.2 Å². The highest BCUT2D eigenvalue weighted by Gasteiger charge is 1.86. The lowest BCUT2D eigenvalue weighted by Crippen LogP contribution is -1.88. The summed E-state index contributed by atoms with van der Waals surface area (Å²) in [5.74, 6) is 0. The van der Waals surface area contributed by atoms with Crippen LogP contribution >= 0.6 is 0 Å². The summed E-state index contributed by atoms with van der Waals surface area (Å²) in [5.41, 5.74) is 0. The van der Waals surface area contributed by atoms with Crippen LogP contribution < -0.4 is 0 Å². The van der Waals surface area contributed by atoms with Crippen LogP contribution in [0.25, 0.3) is 0 Å². The number of hydrogen-bond acceptors (Lipinski definition) is 1. The Morgan fingerprint density at radius 3 is 2.75 bits per heavy atom. The van der Waals surface area contributed by atoms with Crippen LogP contribution in [-0.4, -0.2) is 11.5 Å². The minimum absolute atomic E-state index is 0.834. The summed E-state index contributed by atoms with van der Waals surface area (Å²) in [5, 5.41) is 8.03. The zero-order valence-corrected chi connectivity index (χ0v) is 4.97. The molecule has 8 heavy (non-hydrogen) atoms. The first kappa shape index (κ1) is 7.63. The molecule has 0 aromatic carbocycles. The summed E-state index contributed by atoms with van der Waals surface area (Å²) >= 11 is 0. The highest BCUT2D eigenvalue weighted by atomic mass is 19.1. The van der Waals surface area contributed by atoms with Gasteiger partial charge >= 0.3 is 0 Å². The molecule has 48 valence electrons. The maximum Gasteiger partial charge on any atom is 0.215 e. The van der Waals surface area contributed by atoms with Crippen molar-refractivity contribution < 1.29 is 9.50 Å². The normalized spacial score (nSPS) is 14.9. The molecule has 0 aliphatic heterocycles. The molecule has 0 rings (SSSR count). The Morgan fingerprint density at radius 2 is 2.38 bits per heavy atom. The van der Waals surface area contributed by atoms with Gasteiger partial charge in [-0.05, 0) is 12.5 Å². The Bertz CT molecular complexity index is 68.9. The number of alkyl halides is 1. The van der Waals surface area contributed by atoms with E-state index in [1.165, 1.54) is 0 Å². The van der Waals surface area contributed by atoms with Crippen LogP contribution in [0.4, 0.5) is 4.39 Å². The van der Waals surface area contributed by atoms with Crippen LogP contribution in [0, 0.1) is 0 Å². The van der Waals surface area contributed by atoms with Crippen molar-refractivity contribution in [2.24, 2.45) is 0 Å². The summed E-state index contributed by atoms with van der Waals surface area (Å²) in [6.45, 7) is 1.99. The van der Waals surface area contributed by atoms with E-state index in [1.54, 1.807) is 6.08 Å². The molecule has 0 saturated heterocycles. The van der Waals surface area contributed by atoms with Crippen molar-refractivity contribution in [2.75, 3.05) is 0 Å². The molecule has 0 radical (unpaired) electrons. The molecule has 0 aromatic heterocycles. The number of hydrogen-bond donors (Lipinski definition) is 1. The van der Waals surface area contributed by atoms with Crippen LogP contribution in [0.1, 0.15) is 19.8 Å². The second kappa shape index (κ2) is 4.78. The van der Waals surface area contributed by atoms with Crippen LogP contribution in [0.5, 0.6) is 0 Å². The van der Waals surface area contributed by atoms with Gasteiger partial charge in [-0.1, -0.05) is 19.4 Å². The average Bonchev–Trinajstić information content (AvgIpc) is 1.66. The van der Waals surface area contributed by atoms with Gasteiger partial charge in [0.15, 0.2) is 0 Å². The zero-order chi connectivity index (χ0) is 6.41. The molecule has 1 N–H and O–H groups in total. The monoisotopic (exact) mass is 118 g/mol. The average molecular weight is 118 g/mol. The first-order valence-corrected chi connectivity index (χ1v) is 2.76. The van der Waals surface area contributed by atoms with Crippen LogP contribution in [0.15, 0.2) is 12.2 Å². The molecule has 0 aliphatic carbocycles. The highest BCUT2D eigenvalue weighted by molar-refractivity contribution is 4.82. The molecule has 1 unspecified atom stereocenters. The van der Waals surface area contributed by atoms with Gasteiger partial charge in [0, 0.05) is 0 Å². The highest BCUT2D eigenvalue weighted by Crippen LogP contribution is 1.91. The van der Waals surface area contributed by atoms with Crippen molar-refractivity contribution in [3.63, 3.8) is 0 Å².